The fourth-order valence-electron chi connectivity index (χ4n) is 0. The topological polar surface area (TPSA) is 277 Å². The maximum absolute atomic E-state index is 8.58. The molecule has 0 atom stereocenters. The van der Waals surface area contributed by atoms with Crippen molar-refractivity contribution >= 4 is 96.6 Å². The molecule has 0 aromatic carbocycles. The number of hydrogen-bond acceptors (Lipinski definition) is 12. The zero-order chi connectivity index (χ0) is 13.5. The summed E-state index contributed by atoms with van der Waals surface area (Å²) in [4.78, 5) is 103. The van der Waals surface area contributed by atoms with Crippen LogP contribution in [0.1, 0.15) is 0 Å². The molecule has 0 aliphatic heterocycles. The Labute approximate surface area is 158 Å². The first-order valence-corrected chi connectivity index (χ1v) is 7.35. The van der Waals surface area contributed by atoms with E-state index in [0.717, 1.165) is 0 Å². The Hall–Kier alpha value is 2.23. The summed E-state index contributed by atoms with van der Waals surface area (Å²) in [5, 5.41) is 0. The van der Waals surface area contributed by atoms with Gasteiger partial charge in [0, 0.05) is 0 Å². The van der Waals surface area contributed by atoms with Gasteiger partial charge in [-0.15, -0.1) is 0 Å². The van der Waals surface area contributed by atoms with Gasteiger partial charge in [0.1, 0.15) is 0 Å². The molecule has 0 saturated heterocycles. The van der Waals surface area contributed by atoms with E-state index < -0.39 is 27.1 Å². The van der Waals surface area contributed by atoms with Crippen molar-refractivity contribution in [1.29, 1.82) is 0 Å². The second kappa shape index (κ2) is 21.2. The van der Waals surface area contributed by atoms with Crippen molar-refractivity contribution in [3.63, 3.8) is 0 Å². The molecule has 0 amide bonds. The van der Waals surface area contributed by atoms with Crippen LogP contribution in [0.25, 0.3) is 0 Å². The maximum Gasteiger partial charge on any atom is 3.00 e. The molecule has 0 aliphatic rings. The van der Waals surface area contributed by atoms with Gasteiger partial charge in [0.2, 0.25) is 0 Å². The van der Waals surface area contributed by atoms with Crippen molar-refractivity contribution in [2.24, 2.45) is 0 Å². The molecule has 0 fully saturated rings. The van der Waals surface area contributed by atoms with E-state index >= 15 is 0 Å². The molecule has 0 unspecified atom stereocenters. The van der Waals surface area contributed by atoms with Crippen LogP contribution in [0.3, 0.4) is 0 Å². The minimum Gasteiger partial charge on any atom is -0.894 e. The molecule has 0 bridgehead atoms. The van der Waals surface area contributed by atoms with E-state index in [1.807, 2.05) is 0 Å². The molecule has 12 nitrogen and oxygen atoms in total. The molecule has 0 radical (unpaired) electrons. The molecule has 0 aromatic rings. The van der Waals surface area contributed by atoms with E-state index in [0.29, 0.717) is 0 Å². The largest absolute Gasteiger partial charge is 3.00 e. The quantitative estimate of drug-likeness (QED) is 0.340. The summed E-state index contributed by atoms with van der Waals surface area (Å²) in [6.45, 7) is 0. The standard InChI is InChI=1S/4Al.FH.3O4Si/c;;;;;3*1-5(2,3)4/h;;;;1H;;;/q4*+3;;3*-4. The Morgan fingerprint density at radius 3 is 0.300 bits per heavy atom. The molecular weight excluding hydrogens is 403 g/mol. The third-order valence-electron chi connectivity index (χ3n) is 0. The SMILES string of the molecule is F.[Al+3].[Al+3].[Al+3].[Al+3].[O-][Si]([O-])([O-])[O-].[O-][Si]([O-])([O-])[O-].[O-][Si]([O-])([O-])[O-]. The first-order chi connectivity index (χ1) is 6.00. The fourth-order valence-corrected chi connectivity index (χ4v) is 0. The summed E-state index contributed by atoms with van der Waals surface area (Å²) < 4.78 is 0. The molecule has 0 aromatic heterocycles. The van der Waals surface area contributed by atoms with Crippen molar-refractivity contribution in [1.82, 2.24) is 0 Å². The van der Waals surface area contributed by atoms with Crippen LogP contribution in [0.2, 0.25) is 0 Å². The van der Waals surface area contributed by atoms with E-state index in [2.05, 4.69) is 0 Å². The summed E-state index contributed by atoms with van der Waals surface area (Å²) in [5.74, 6) is 0. The van der Waals surface area contributed by atoms with Crippen molar-refractivity contribution in [2.45, 2.75) is 0 Å². The summed E-state index contributed by atoms with van der Waals surface area (Å²) in [5.41, 5.74) is 0. The molecule has 0 rings (SSSR count). The van der Waals surface area contributed by atoms with E-state index in [1.165, 1.54) is 0 Å². The molecule has 20 heteroatoms. The maximum atomic E-state index is 8.58. The molecule has 0 spiro atoms. The summed E-state index contributed by atoms with van der Waals surface area (Å²) in [7, 11) is -16.8. The van der Waals surface area contributed by atoms with Crippen molar-refractivity contribution in [3.05, 3.63) is 0 Å². The van der Waals surface area contributed by atoms with Crippen LogP contribution in [0.5, 0.6) is 0 Å². The number of hydrogen-bond donors (Lipinski definition) is 0. The second-order valence-electron chi connectivity index (χ2n) is 1.50. The summed E-state index contributed by atoms with van der Waals surface area (Å²) >= 11 is 0. The summed E-state index contributed by atoms with van der Waals surface area (Å²) in [6, 6.07) is 0. The number of halogens is 1. The number of rotatable bonds is 0. The van der Waals surface area contributed by atoms with Gasteiger partial charge in [0.15, 0.2) is 0 Å². The van der Waals surface area contributed by atoms with Gasteiger partial charge < -0.3 is 84.7 Å². The van der Waals surface area contributed by atoms with Crippen LogP contribution in [-0.2, 0) is 0 Å². The third-order valence-corrected chi connectivity index (χ3v) is 0. The van der Waals surface area contributed by atoms with Crippen LogP contribution in [0, 0.1) is 0 Å². The smallest absolute Gasteiger partial charge is 0.894 e. The molecular formula is HAl4FO12Si3. The molecule has 104 valence electrons. The molecule has 0 saturated carbocycles. The average Bonchev–Trinajstić information content (AvgIpc) is 1.41. The van der Waals surface area contributed by atoms with Gasteiger partial charge in [0.05, 0.1) is 0 Å². The van der Waals surface area contributed by atoms with Gasteiger partial charge in [-0.1, -0.05) is 0 Å². The van der Waals surface area contributed by atoms with Gasteiger partial charge >= 0.3 is 69.4 Å². The van der Waals surface area contributed by atoms with E-state index in [-0.39, 0.29) is 74.1 Å². The zero-order valence-corrected chi connectivity index (χ0v) is 16.7. The van der Waals surface area contributed by atoms with Crippen molar-refractivity contribution in [3.8, 4) is 0 Å². The van der Waals surface area contributed by atoms with E-state index in [4.69, 9.17) is 57.5 Å². The molecule has 0 aliphatic carbocycles. The minimum atomic E-state index is -5.61. The average molecular weight is 404 g/mol. The van der Waals surface area contributed by atoms with E-state index in [9.17, 15) is 0 Å². The molecule has 20 heavy (non-hydrogen) atoms. The van der Waals surface area contributed by atoms with Gasteiger partial charge in [-0.05, 0) is 0 Å². The summed E-state index contributed by atoms with van der Waals surface area (Å²) in [6.07, 6.45) is 0. The molecule has 0 N–H and O–H groups in total. The van der Waals surface area contributed by atoms with Crippen LogP contribution < -0.4 is 57.5 Å². The Bertz CT molecular complexity index is 106. The normalized spacial score (nSPS) is 9.00. The Morgan fingerprint density at radius 2 is 0.300 bits per heavy atom. The molecule has 0 heterocycles. The minimum absolute atomic E-state index is 0. The van der Waals surface area contributed by atoms with E-state index in [1.54, 1.807) is 0 Å². The zero-order valence-electron chi connectivity index (χ0n) is 9.12. The Balaban J connectivity index is -0.0000000160. The van der Waals surface area contributed by atoms with Gasteiger partial charge in [-0.25, -0.2) is 0 Å². The van der Waals surface area contributed by atoms with Crippen LogP contribution >= 0.6 is 0 Å². The van der Waals surface area contributed by atoms with Gasteiger partial charge in [-0.3, -0.25) is 4.70 Å². The van der Waals surface area contributed by atoms with Crippen molar-refractivity contribution < 1.29 is 62.3 Å². The second-order valence-corrected chi connectivity index (χ2v) is 4.50. The predicted octanol–water partition coefficient (Wildman–Crippen LogP) is -16.8. The van der Waals surface area contributed by atoms with Crippen LogP contribution in [0.4, 0.5) is 4.70 Å². The Morgan fingerprint density at radius 1 is 0.300 bits per heavy atom. The Kier molecular flexibility index (Phi) is 52.5. The van der Waals surface area contributed by atoms with Crippen LogP contribution in [-0.4, -0.2) is 96.6 Å². The third kappa shape index (κ3) is 1500. The van der Waals surface area contributed by atoms with Gasteiger partial charge in [0.25, 0.3) is 0 Å². The van der Waals surface area contributed by atoms with Crippen molar-refractivity contribution in [2.75, 3.05) is 0 Å². The predicted molar refractivity (Wildman–Crippen MR) is 42.8 cm³/mol. The van der Waals surface area contributed by atoms with Crippen LogP contribution in [0.15, 0.2) is 0 Å². The first kappa shape index (κ1) is 49.5. The first-order valence-electron chi connectivity index (χ1n) is 2.45. The van der Waals surface area contributed by atoms with Gasteiger partial charge in [-0.2, -0.15) is 0 Å². The monoisotopic (exact) mass is 404 g/mol. The fraction of sp³-hybridized carbons (Fsp3) is 0.